The molecule has 0 bridgehead atoms. The molecule has 6 heteroatoms. The first-order chi connectivity index (χ1) is 17.4. The number of benzene rings is 3. The van der Waals surface area contributed by atoms with E-state index in [1.54, 1.807) is 20.1 Å². The molecule has 1 N–H and O–H groups in total. The molecule has 186 valence electrons. The molecule has 6 nitrogen and oxygen atoms in total. The second kappa shape index (κ2) is 11.2. The third kappa shape index (κ3) is 6.03. The zero-order chi connectivity index (χ0) is 25.5. The van der Waals surface area contributed by atoms with Crippen LogP contribution in [-0.4, -0.2) is 39.0 Å². The Morgan fingerprint density at radius 3 is 2.19 bits per heavy atom. The van der Waals surface area contributed by atoms with Crippen molar-refractivity contribution in [3.63, 3.8) is 0 Å². The van der Waals surface area contributed by atoms with Crippen LogP contribution in [-0.2, 0) is 13.1 Å². The number of ether oxygens (including phenoxy) is 2. The minimum absolute atomic E-state index is 0.398. The maximum atomic E-state index is 10.8. The Bertz CT molecular complexity index is 1280. The number of hydrogen-bond acceptors (Lipinski definition) is 5. The first-order valence-corrected chi connectivity index (χ1v) is 12.0. The van der Waals surface area contributed by atoms with Gasteiger partial charge in [0, 0.05) is 19.6 Å². The van der Waals surface area contributed by atoms with Crippen LogP contribution in [0.3, 0.4) is 0 Å². The highest BCUT2D eigenvalue weighted by molar-refractivity contribution is 5.47. The van der Waals surface area contributed by atoms with Gasteiger partial charge >= 0.3 is 0 Å². The minimum atomic E-state index is -1.05. The first kappa shape index (κ1) is 25.2. The molecule has 36 heavy (non-hydrogen) atoms. The molecule has 0 saturated heterocycles. The highest BCUT2D eigenvalue weighted by Gasteiger charge is 2.26. The lowest BCUT2D eigenvalue weighted by molar-refractivity contribution is 0.0552. The van der Waals surface area contributed by atoms with Gasteiger partial charge in [0.15, 0.2) is 11.5 Å². The summed E-state index contributed by atoms with van der Waals surface area (Å²) in [5.41, 5.74) is 2.77. The Morgan fingerprint density at radius 1 is 0.944 bits per heavy atom. The molecular formula is C30H33N3O3. The molecular weight excluding hydrogens is 450 g/mol. The number of para-hydroxylation sites is 3. The van der Waals surface area contributed by atoms with Crippen molar-refractivity contribution in [2.45, 2.75) is 32.5 Å². The van der Waals surface area contributed by atoms with E-state index in [1.165, 1.54) is 0 Å². The van der Waals surface area contributed by atoms with Crippen molar-refractivity contribution in [2.24, 2.45) is 0 Å². The van der Waals surface area contributed by atoms with Gasteiger partial charge in [0.1, 0.15) is 0 Å². The molecule has 0 aliphatic heterocycles. The van der Waals surface area contributed by atoms with E-state index in [0.717, 1.165) is 22.5 Å². The van der Waals surface area contributed by atoms with Crippen molar-refractivity contribution in [3.8, 4) is 23.1 Å². The van der Waals surface area contributed by atoms with Gasteiger partial charge in [0.25, 0.3) is 0 Å². The third-order valence-electron chi connectivity index (χ3n) is 6.03. The molecule has 4 rings (SSSR count). The summed E-state index contributed by atoms with van der Waals surface area (Å²) in [7, 11) is 1.63. The number of nitrogens with zero attached hydrogens (tertiary/aromatic N) is 3. The number of methoxy groups -OCH3 is 1. The van der Waals surface area contributed by atoms with Gasteiger partial charge in [-0.2, -0.15) is 5.10 Å². The maximum absolute atomic E-state index is 10.8. The average molecular weight is 484 g/mol. The molecule has 0 aliphatic rings. The summed E-state index contributed by atoms with van der Waals surface area (Å²) in [4.78, 5) is 2.19. The van der Waals surface area contributed by atoms with Crippen LogP contribution in [0, 0.1) is 6.92 Å². The Balaban J connectivity index is 1.77. The van der Waals surface area contributed by atoms with E-state index < -0.39 is 5.60 Å². The number of aryl methyl sites for hydroxylation is 1. The van der Waals surface area contributed by atoms with E-state index >= 15 is 0 Å². The normalized spacial score (nSPS) is 12.8. The Morgan fingerprint density at radius 2 is 1.56 bits per heavy atom. The lowest BCUT2D eigenvalue weighted by atomic mass is 10.1. The van der Waals surface area contributed by atoms with Crippen molar-refractivity contribution in [2.75, 3.05) is 13.7 Å². The van der Waals surface area contributed by atoms with Gasteiger partial charge in [-0.15, -0.1) is 6.58 Å². The summed E-state index contributed by atoms with van der Waals surface area (Å²) in [6, 6.07) is 27.7. The van der Waals surface area contributed by atoms with E-state index in [2.05, 4.69) is 23.6 Å². The monoisotopic (exact) mass is 483 g/mol. The molecule has 0 fully saturated rings. The van der Waals surface area contributed by atoms with Crippen LogP contribution in [0.5, 0.6) is 17.4 Å². The topological polar surface area (TPSA) is 59.8 Å². The first-order valence-electron chi connectivity index (χ1n) is 12.0. The van der Waals surface area contributed by atoms with Crippen molar-refractivity contribution in [1.29, 1.82) is 0 Å². The van der Waals surface area contributed by atoms with E-state index in [4.69, 9.17) is 14.6 Å². The van der Waals surface area contributed by atoms with Crippen LogP contribution >= 0.6 is 0 Å². The van der Waals surface area contributed by atoms with Crippen molar-refractivity contribution < 1.29 is 14.6 Å². The molecule has 4 aromatic rings. The molecule has 0 spiro atoms. The van der Waals surface area contributed by atoms with Gasteiger partial charge in [-0.05, 0) is 43.7 Å². The van der Waals surface area contributed by atoms with Crippen LogP contribution in [0.1, 0.15) is 23.7 Å². The molecule has 1 aromatic heterocycles. The average Bonchev–Trinajstić information content (AvgIpc) is 3.20. The second-order valence-corrected chi connectivity index (χ2v) is 9.06. The molecule has 0 aliphatic carbocycles. The van der Waals surface area contributed by atoms with E-state index in [-0.39, 0.29) is 0 Å². The summed E-state index contributed by atoms with van der Waals surface area (Å²) < 4.78 is 13.9. The van der Waals surface area contributed by atoms with Crippen LogP contribution < -0.4 is 9.47 Å². The Kier molecular flexibility index (Phi) is 7.88. The van der Waals surface area contributed by atoms with E-state index in [9.17, 15) is 5.11 Å². The summed E-state index contributed by atoms with van der Waals surface area (Å²) in [5.74, 6) is 1.85. The fourth-order valence-corrected chi connectivity index (χ4v) is 4.13. The SMILES string of the molecule is C=C[C@@](C)(O)CN(Cc1ccccc1)Cc1c(C)nn(-c2ccccc2)c1Oc1ccccc1OC. The molecule has 1 heterocycles. The number of aliphatic hydroxyl groups is 1. The zero-order valence-electron chi connectivity index (χ0n) is 21.1. The molecule has 3 aromatic carbocycles. The van der Waals surface area contributed by atoms with Crippen LogP contribution in [0.15, 0.2) is 97.6 Å². The van der Waals surface area contributed by atoms with Gasteiger partial charge < -0.3 is 14.6 Å². The highest BCUT2D eigenvalue weighted by Crippen LogP contribution is 2.36. The fraction of sp³-hybridized carbons (Fsp3) is 0.233. The number of rotatable bonds is 11. The van der Waals surface area contributed by atoms with Gasteiger partial charge in [-0.25, -0.2) is 4.68 Å². The molecule has 0 unspecified atom stereocenters. The van der Waals surface area contributed by atoms with Gasteiger partial charge in [-0.1, -0.05) is 66.7 Å². The zero-order valence-corrected chi connectivity index (χ0v) is 21.1. The maximum Gasteiger partial charge on any atom is 0.227 e. The van der Waals surface area contributed by atoms with Crippen LogP contribution in [0.4, 0.5) is 0 Å². The standard InChI is InChI=1S/C30H33N3O3/c1-5-30(3,34)22-32(20-24-14-8-6-9-15-24)21-26-23(2)31-33(25-16-10-7-11-17-25)29(26)36-28-19-13-12-18-27(28)35-4/h5-19,34H,1,20-22H2,2-4H3/t30-/m1/s1. The third-order valence-corrected chi connectivity index (χ3v) is 6.03. The summed E-state index contributed by atoms with van der Waals surface area (Å²) in [6.45, 7) is 9.13. The van der Waals surface area contributed by atoms with E-state index in [0.29, 0.717) is 37.0 Å². The van der Waals surface area contributed by atoms with Crippen molar-refractivity contribution >= 4 is 0 Å². The predicted molar refractivity (Wildman–Crippen MR) is 143 cm³/mol. The summed E-state index contributed by atoms with van der Waals surface area (Å²) in [5, 5.41) is 15.7. The number of hydrogen-bond donors (Lipinski definition) is 1. The lowest BCUT2D eigenvalue weighted by Gasteiger charge is -2.30. The second-order valence-electron chi connectivity index (χ2n) is 9.06. The smallest absolute Gasteiger partial charge is 0.227 e. The Labute approximate surface area is 213 Å². The fourth-order valence-electron chi connectivity index (χ4n) is 4.13. The van der Waals surface area contributed by atoms with Gasteiger partial charge in [-0.3, -0.25) is 4.90 Å². The lowest BCUT2D eigenvalue weighted by Crippen LogP contribution is -2.38. The molecule has 0 radical (unpaired) electrons. The van der Waals surface area contributed by atoms with Gasteiger partial charge in [0.05, 0.1) is 29.7 Å². The molecule has 0 amide bonds. The predicted octanol–water partition coefficient (Wildman–Crippen LogP) is 5.92. The largest absolute Gasteiger partial charge is 0.493 e. The highest BCUT2D eigenvalue weighted by atomic mass is 16.5. The van der Waals surface area contributed by atoms with Gasteiger partial charge in [0.2, 0.25) is 5.88 Å². The Hall–Kier alpha value is -3.87. The summed E-state index contributed by atoms with van der Waals surface area (Å²) in [6.07, 6.45) is 1.58. The minimum Gasteiger partial charge on any atom is -0.493 e. The quantitative estimate of drug-likeness (QED) is 0.268. The van der Waals surface area contributed by atoms with Crippen molar-refractivity contribution in [3.05, 3.63) is 114 Å². The van der Waals surface area contributed by atoms with Crippen LogP contribution in [0.2, 0.25) is 0 Å². The van der Waals surface area contributed by atoms with Crippen LogP contribution in [0.25, 0.3) is 5.69 Å². The number of aromatic nitrogens is 2. The van der Waals surface area contributed by atoms with E-state index in [1.807, 2.05) is 84.4 Å². The van der Waals surface area contributed by atoms with Crippen molar-refractivity contribution in [1.82, 2.24) is 14.7 Å². The molecule has 1 atom stereocenters. The molecule has 0 saturated carbocycles. The summed E-state index contributed by atoms with van der Waals surface area (Å²) >= 11 is 0.